The third-order valence-electron chi connectivity index (χ3n) is 5.54. The van der Waals surface area contributed by atoms with Crippen LogP contribution in [0.1, 0.15) is 12.8 Å². The number of rotatable bonds is 7. The van der Waals surface area contributed by atoms with Gasteiger partial charge < -0.3 is 19.1 Å². The molecule has 0 radical (unpaired) electrons. The van der Waals surface area contributed by atoms with E-state index in [0.29, 0.717) is 5.69 Å². The summed E-state index contributed by atoms with van der Waals surface area (Å²) in [5.74, 6) is 0.599. The lowest BCUT2D eigenvalue weighted by molar-refractivity contribution is -0.274. The first-order chi connectivity index (χ1) is 15.0. The van der Waals surface area contributed by atoms with Gasteiger partial charge in [-0.15, -0.1) is 13.2 Å². The summed E-state index contributed by atoms with van der Waals surface area (Å²) in [4.78, 5) is 4.58. The van der Waals surface area contributed by atoms with Crippen molar-refractivity contribution in [2.75, 3.05) is 57.4 Å². The molecule has 0 spiro atoms. The van der Waals surface area contributed by atoms with Crippen molar-refractivity contribution in [1.82, 2.24) is 14.7 Å². The van der Waals surface area contributed by atoms with Gasteiger partial charge in [-0.25, -0.2) is 4.68 Å². The summed E-state index contributed by atoms with van der Waals surface area (Å²) in [5.41, 5.74) is 0.669. The number of benzene rings is 1. The van der Waals surface area contributed by atoms with Crippen LogP contribution in [0.3, 0.4) is 0 Å². The number of alkyl halides is 3. The normalized spacial score (nSPS) is 19.0. The van der Waals surface area contributed by atoms with Crippen LogP contribution in [0.25, 0.3) is 5.69 Å². The molecule has 0 bridgehead atoms. The van der Waals surface area contributed by atoms with Crippen molar-refractivity contribution < 1.29 is 27.4 Å². The number of hydrogen-bond acceptors (Lipinski definition) is 6. The largest absolute Gasteiger partial charge is 0.573 e. The minimum Gasteiger partial charge on any atom is -0.406 e. The molecule has 0 aliphatic carbocycles. The predicted octanol–water partition coefficient (Wildman–Crippen LogP) is 3.09. The molecule has 1 aromatic heterocycles. The Bertz CT molecular complexity index is 814. The van der Waals surface area contributed by atoms with Gasteiger partial charge in [0.2, 0.25) is 0 Å². The van der Waals surface area contributed by atoms with Crippen molar-refractivity contribution in [3.63, 3.8) is 0 Å². The molecule has 2 aliphatic heterocycles. The van der Waals surface area contributed by atoms with Crippen molar-refractivity contribution in [1.29, 1.82) is 0 Å². The summed E-state index contributed by atoms with van der Waals surface area (Å²) < 4.78 is 53.9. The van der Waals surface area contributed by atoms with Gasteiger partial charge in [0.15, 0.2) is 5.82 Å². The summed E-state index contributed by atoms with van der Waals surface area (Å²) in [6, 6.07) is 7.58. The molecule has 4 rings (SSSR count). The molecule has 0 N–H and O–H groups in total. The maximum atomic E-state index is 12.3. The quantitative estimate of drug-likeness (QED) is 0.660. The number of aromatic nitrogens is 2. The van der Waals surface area contributed by atoms with Crippen LogP contribution in [0.4, 0.5) is 19.0 Å². The molecule has 2 aliphatic rings. The van der Waals surface area contributed by atoms with Crippen LogP contribution in [0.15, 0.2) is 36.5 Å². The van der Waals surface area contributed by atoms with Crippen LogP contribution in [-0.4, -0.2) is 79.7 Å². The molecule has 2 aromatic rings. The van der Waals surface area contributed by atoms with Crippen LogP contribution < -0.4 is 9.64 Å². The zero-order chi connectivity index (χ0) is 21.7. The molecule has 7 nitrogen and oxygen atoms in total. The monoisotopic (exact) mass is 440 g/mol. The van der Waals surface area contributed by atoms with Crippen molar-refractivity contribution >= 4 is 5.82 Å². The molecule has 2 saturated heterocycles. The fraction of sp³-hybridized carbons (Fsp3) is 0.571. The van der Waals surface area contributed by atoms with E-state index in [-0.39, 0.29) is 11.9 Å². The number of halogens is 3. The van der Waals surface area contributed by atoms with Gasteiger partial charge in [-0.05, 0) is 37.1 Å². The average Bonchev–Trinajstić information content (AvgIpc) is 3.25. The maximum Gasteiger partial charge on any atom is 0.573 e. The van der Waals surface area contributed by atoms with Gasteiger partial charge >= 0.3 is 6.36 Å². The Labute approximate surface area is 179 Å². The number of anilines is 1. The Morgan fingerprint density at radius 3 is 2.39 bits per heavy atom. The number of piperidine rings is 1. The van der Waals surface area contributed by atoms with Gasteiger partial charge in [-0.1, -0.05) is 0 Å². The second kappa shape index (κ2) is 9.88. The lowest BCUT2D eigenvalue weighted by Crippen LogP contribution is -2.40. The fourth-order valence-electron chi connectivity index (χ4n) is 3.85. The molecular formula is C21H27F3N4O3. The van der Waals surface area contributed by atoms with Crippen molar-refractivity contribution in [2.45, 2.75) is 25.3 Å². The Morgan fingerprint density at radius 1 is 1.00 bits per heavy atom. The summed E-state index contributed by atoms with van der Waals surface area (Å²) in [6.07, 6.45) is -0.738. The van der Waals surface area contributed by atoms with Crippen LogP contribution in [-0.2, 0) is 9.47 Å². The first-order valence-electron chi connectivity index (χ1n) is 10.5. The topological polar surface area (TPSA) is 52.0 Å². The first kappa shape index (κ1) is 21.9. The SMILES string of the molecule is FC(F)(F)Oc1ccc(-n2ccc(N3CCC(OCCN4CCOCC4)CC3)n2)cc1. The molecule has 170 valence electrons. The zero-order valence-electron chi connectivity index (χ0n) is 17.3. The molecule has 1 aromatic carbocycles. The lowest BCUT2D eigenvalue weighted by Gasteiger charge is -2.33. The molecule has 0 atom stereocenters. The predicted molar refractivity (Wildman–Crippen MR) is 109 cm³/mol. The summed E-state index contributed by atoms with van der Waals surface area (Å²) >= 11 is 0. The molecule has 0 unspecified atom stereocenters. The lowest BCUT2D eigenvalue weighted by atomic mass is 10.1. The van der Waals surface area contributed by atoms with Gasteiger partial charge in [-0.3, -0.25) is 4.90 Å². The summed E-state index contributed by atoms with van der Waals surface area (Å²) in [6.45, 7) is 6.96. The third-order valence-corrected chi connectivity index (χ3v) is 5.54. The van der Waals surface area contributed by atoms with E-state index in [0.717, 1.165) is 71.2 Å². The van der Waals surface area contributed by atoms with Gasteiger partial charge in [0.25, 0.3) is 0 Å². The van der Waals surface area contributed by atoms with Gasteiger partial charge in [0, 0.05) is 45.0 Å². The van der Waals surface area contributed by atoms with E-state index in [1.165, 1.54) is 12.1 Å². The highest BCUT2D eigenvalue weighted by molar-refractivity contribution is 5.42. The summed E-state index contributed by atoms with van der Waals surface area (Å²) in [5, 5.41) is 4.58. The molecule has 2 fully saturated rings. The number of ether oxygens (including phenoxy) is 3. The van der Waals surface area contributed by atoms with Crippen LogP contribution >= 0.6 is 0 Å². The molecule has 0 amide bonds. The summed E-state index contributed by atoms with van der Waals surface area (Å²) in [7, 11) is 0. The van der Waals surface area contributed by atoms with Crippen LogP contribution in [0.5, 0.6) is 5.75 Å². The Morgan fingerprint density at radius 2 is 1.71 bits per heavy atom. The van der Waals surface area contributed by atoms with Crippen molar-refractivity contribution in [3.05, 3.63) is 36.5 Å². The highest BCUT2D eigenvalue weighted by Crippen LogP contribution is 2.25. The minimum absolute atomic E-state index is 0.251. The third kappa shape index (κ3) is 6.34. The van der Waals surface area contributed by atoms with Gasteiger partial charge in [0.05, 0.1) is 31.6 Å². The second-order valence-corrected chi connectivity index (χ2v) is 7.67. The highest BCUT2D eigenvalue weighted by atomic mass is 19.4. The minimum atomic E-state index is -4.70. The average molecular weight is 440 g/mol. The fourth-order valence-corrected chi connectivity index (χ4v) is 3.85. The Hall–Kier alpha value is -2.30. The van der Waals surface area contributed by atoms with E-state index in [9.17, 15) is 13.2 Å². The molecule has 0 saturated carbocycles. The first-order valence-corrected chi connectivity index (χ1v) is 10.5. The van der Waals surface area contributed by atoms with Crippen LogP contribution in [0.2, 0.25) is 0 Å². The van der Waals surface area contributed by atoms with E-state index in [1.807, 2.05) is 6.07 Å². The molecular weight excluding hydrogens is 413 g/mol. The molecule has 3 heterocycles. The van der Waals surface area contributed by atoms with E-state index in [2.05, 4.69) is 19.6 Å². The van der Waals surface area contributed by atoms with Gasteiger partial charge in [-0.2, -0.15) is 5.10 Å². The standard InChI is InChI=1S/C21H27F3N4O3/c22-21(23,24)31-19-3-1-17(2-4-19)28-10-7-20(25-28)27-8-5-18(6-9-27)30-16-13-26-11-14-29-15-12-26/h1-4,7,10,18H,5-6,8-9,11-16H2. The van der Waals surface area contributed by atoms with Crippen molar-refractivity contribution in [3.8, 4) is 11.4 Å². The Kier molecular flexibility index (Phi) is 6.99. The number of morpholine rings is 1. The number of nitrogens with zero attached hydrogens (tertiary/aromatic N) is 4. The maximum absolute atomic E-state index is 12.3. The van der Waals surface area contributed by atoms with E-state index in [1.54, 1.807) is 23.0 Å². The van der Waals surface area contributed by atoms with E-state index in [4.69, 9.17) is 9.47 Å². The van der Waals surface area contributed by atoms with Crippen molar-refractivity contribution in [2.24, 2.45) is 0 Å². The Balaban J connectivity index is 1.23. The van der Waals surface area contributed by atoms with Crippen LogP contribution in [0, 0.1) is 0 Å². The molecule has 10 heteroatoms. The van der Waals surface area contributed by atoms with E-state index >= 15 is 0 Å². The second-order valence-electron chi connectivity index (χ2n) is 7.67. The van der Waals surface area contributed by atoms with E-state index < -0.39 is 6.36 Å². The highest BCUT2D eigenvalue weighted by Gasteiger charge is 2.31. The zero-order valence-corrected chi connectivity index (χ0v) is 17.3. The number of hydrogen-bond donors (Lipinski definition) is 0. The smallest absolute Gasteiger partial charge is 0.406 e. The molecule has 31 heavy (non-hydrogen) atoms. The van der Waals surface area contributed by atoms with Gasteiger partial charge in [0.1, 0.15) is 5.75 Å².